The number of carbonyl (C=O) groups excluding carboxylic acids is 2. The van der Waals surface area contributed by atoms with Crippen LogP contribution >= 0.6 is 11.3 Å². The summed E-state index contributed by atoms with van der Waals surface area (Å²) in [6.45, 7) is 1.85. The minimum atomic E-state index is -0.590. The fourth-order valence-corrected chi connectivity index (χ4v) is 3.43. The molecule has 27 heavy (non-hydrogen) atoms. The summed E-state index contributed by atoms with van der Waals surface area (Å²) in [7, 11) is 0. The third kappa shape index (κ3) is 4.20. The monoisotopic (exact) mass is 387 g/mol. The fourth-order valence-electron chi connectivity index (χ4n) is 2.47. The molecule has 4 nitrogen and oxygen atoms in total. The lowest BCUT2D eigenvalue weighted by molar-refractivity contribution is 0.0529. The summed E-state index contributed by atoms with van der Waals surface area (Å²) in [4.78, 5) is 24.9. The van der Waals surface area contributed by atoms with E-state index in [1.807, 2.05) is 0 Å². The molecule has 0 saturated heterocycles. The van der Waals surface area contributed by atoms with E-state index in [0.717, 1.165) is 11.3 Å². The van der Waals surface area contributed by atoms with Gasteiger partial charge in [-0.2, -0.15) is 0 Å². The number of thiophene rings is 1. The minimum Gasteiger partial charge on any atom is -0.462 e. The number of anilines is 1. The first-order valence-corrected chi connectivity index (χ1v) is 8.99. The normalized spacial score (nSPS) is 10.5. The molecule has 3 rings (SSSR count). The summed E-state index contributed by atoms with van der Waals surface area (Å²) in [5.74, 6) is -1.91. The predicted molar refractivity (Wildman–Crippen MR) is 100 cm³/mol. The molecule has 0 unspecified atom stereocenters. The molecule has 0 fully saturated rings. The number of ether oxygens (including phenoxy) is 1. The maximum absolute atomic E-state index is 13.2. The molecule has 3 aromatic rings. The average molecular weight is 387 g/mol. The topological polar surface area (TPSA) is 55.4 Å². The number of halogens is 2. The lowest BCUT2D eigenvalue weighted by atomic mass is 10.0. The average Bonchev–Trinajstić information content (AvgIpc) is 3.06. The van der Waals surface area contributed by atoms with Gasteiger partial charge in [0.15, 0.2) is 0 Å². The number of nitrogens with one attached hydrogen (secondary N) is 1. The van der Waals surface area contributed by atoms with Crippen LogP contribution in [0.2, 0.25) is 0 Å². The number of rotatable bonds is 5. The van der Waals surface area contributed by atoms with Crippen LogP contribution in [0.4, 0.5) is 13.8 Å². The minimum absolute atomic E-state index is 0.170. The van der Waals surface area contributed by atoms with Gasteiger partial charge in [0, 0.05) is 16.5 Å². The molecule has 0 bridgehead atoms. The van der Waals surface area contributed by atoms with E-state index in [1.54, 1.807) is 24.4 Å². The first kappa shape index (κ1) is 18.7. The van der Waals surface area contributed by atoms with E-state index in [2.05, 4.69) is 5.32 Å². The van der Waals surface area contributed by atoms with Crippen LogP contribution < -0.4 is 5.32 Å². The quantitative estimate of drug-likeness (QED) is 0.618. The molecule has 0 radical (unpaired) electrons. The van der Waals surface area contributed by atoms with Crippen LogP contribution in [0.25, 0.3) is 11.1 Å². The molecule has 0 aliphatic heterocycles. The van der Waals surface area contributed by atoms with Gasteiger partial charge in [0.05, 0.1) is 6.61 Å². The van der Waals surface area contributed by atoms with E-state index in [-0.39, 0.29) is 17.7 Å². The van der Waals surface area contributed by atoms with Gasteiger partial charge in [0.25, 0.3) is 5.91 Å². The summed E-state index contributed by atoms with van der Waals surface area (Å²) < 4.78 is 31.3. The van der Waals surface area contributed by atoms with Crippen molar-refractivity contribution in [2.75, 3.05) is 11.9 Å². The van der Waals surface area contributed by atoms with Gasteiger partial charge in [-0.15, -0.1) is 11.3 Å². The van der Waals surface area contributed by atoms with Crippen LogP contribution in [0.5, 0.6) is 0 Å². The first-order valence-electron chi connectivity index (χ1n) is 8.11. The smallest absolute Gasteiger partial charge is 0.341 e. The van der Waals surface area contributed by atoms with Gasteiger partial charge in [-0.1, -0.05) is 12.1 Å². The number of amides is 1. The SMILES string of the molecule is CCOC(=O)c1c(-c2ccc(F)cc2)csc1NC(=O)c1ccc(F)cc1. The number of hydrogen-bond acceptors (Lipinski definition) is 4. The Labute approximate surface area is 158 Å². The van der Waals surface area contributed by atoms with E-state index < -0.39 is 23.5 Å². The highest BCUT2D eigenvalue weighted by Gasteiger charge is 2.23. The standard InChI is InChI=1S/C20H15F2NO3S/c1-2-26-20(25)17-16(12-3-7-14(21)8-4-12)11-27-19(17)23-18(24)13-5-9-15(22)10-6-13/h3-11H,2H2,1H3,(H,23,24). The molecular formula is C20H15F2NO3S. The number of carbonyl (C=O) groups is 2. The van der Waals surface area contributed by atoms with Crippen molar-refractivity contribution < 1.29 is 23.1 Å². The second kappa shape index (κ2) is 8.09. The zero-order valence-electron chi connectivity index (χ0n) is 14.3. The Morgan fingerprint density at radius 2 is 1.59 bits per heavy atom. The van der Waals surface area contributed by atoms with Gasteiger partial charge < -0.3 is 10.1 Å². The van der Waals surface area contributed by atoms with Crippen LogP contribution in [0.15, 0.2) is 53.9 Å². The molecule has 0 aliphatic carbocycles. The molecule has 1 amide bonds. The van der Waals surface area contributed by atoms with E-state index in [1.165, 1.54) is 36.4 Å². The van der Waals surface area contributed by atoms with Gasteiger partial charge >= 0.3 is 5.97 Å². The van der Waals surface area contributed by atoms with Crippen molar-refractivity contribution in [1.29, 1.82) is 0 Å². The van der Waals surface area contributed by atoms with Crippen LogP contribution in [-0.2, 0) is 4.74 Å². The summed E-state index contributed by atoms with van der Waals surface area (Å²) >= 11 is 1.15. The lowest BCUT2D eigenvalue weighted by Crippen LogP contribution is -2.14. The molecule has 138 valence electrons. The van der Waals surface area contributed by atoms with E-state index in [0.29, 0.717) is 16.1 Å². The Hall–Kier alpha value is -3.06. The second-order valence-electron chi connectivity index (χ2n) is 5.54. The van der Waals surface area contributed by atoms with Crippen molar-refractivity contribution in [3.05, 3.63) is 76.7 Å². The molecule has 1 heterocycles. The molecular weight excluding hydrogens is 372 g/mol. The van der Waals surface area contributed by atoms with E-state index in [9.17, 15) is 18.4 Å². The maximum atomic E-state index is 13.2. The Morgan fingerprint density at radius 3 is 2.19 bits per heavy atom. The molecule has 0 spiro atoms. The van der Waals surface area contributed by atoms with Gasteiger partial charge in [-0.05, 0) is 48.9 Å². The highest BCUT2D eigenvalue weighted by atomic mass is 32.1. The maximum Gasteiger partial charge on any atom is 0.341 e. The Kier molecular flexibility index (Phi) is 5.61. The molecule has 1 aromatic heterocycles. The molecule has 0 saturated carbocycles. The van der Waals surface area contributed by atoms with Crippen molar-refractivity contribution in [3.63, 3.8) is 0 Å². The summed E-state index contributed by atoms with van der Waals surface area (Å²) in [5, 5.41) is 4.67. The van der Waals surface area contributed by atoms with Gasteiger partial charge in [-0.25, -0.2) is 13.6 Å². The van der Waals surface area contributed by atoms with Gasteiger partial charge in [0.2, 0.25) is 0 Å². The third-order valence-corrected chi connectivity index (χ3v) is 4.65. The molecule has 2 aromatic carbocycles. The summed E-state index contributed by atoms with van der Waals surface area (Å²) in [6.07, 6.45) is 0. The van der Waals surface area contributed by atoms with Crippen molar-refractivity contribution in [2.24, 2.45) is 0 Å². The van der Waals surface area contributed by atoms with Gasteiger partial charge in [0.1, 0.15) is 22.2 Å². The predicted octanol–water partition coefficient (Wildman–Crippen LogP) is 5.12. The van der Waals surface area contributed by atoms with E-state index in [4.69, 9.17) is 4.74 Å². The van der Waals surface area contributed by atoms with Crippen LogP contribution in [0.3, 0.4) is 0 Å². The van der Waals surface area contributed by atoms with Crippen LogP contribution in [-0.4, -0.2) is 18.5 Å². The molecule has 0 atom stereocenters. The number of hydrogen-bond donors (Lipinski definition) is 1. The molecule has 7 heteroatoms. The first-order chi connectivity index (χ1) is 13.0. The zero-order chi connectivity index (χ0) is 19.4. The zero-order valence-corrected chi connectivity index (χ0v) is 15.1. The number of benzene rings is 2. The Bertz CT molecular complexity index is 966. The summed E-state index contributed by atoms with van der Waals surface area (Å²) in [6, 6.07) is 10.7. The molecule has 0 aliphatic rings. The Morgan fingerprint density at radius 1 is 1.00 bits per heavy atom. The lowest BCUT2D eigenvalue weighted by Gasteiger charge is -2.09. The van der Waals surface area contributed by atoms with Gasteiger partial charge in [-0.3, -0.25) is 4.79 Å². The van der Waals surface area contributed by atoms with Crippen molar-refractivity contribution >= 4 is 28.2 Å². The van der Waals surface area contributed by atoms with E-state index >= 15 is 0 Å². The van der Waals surface area contributed by atoms with Crippen molar-refractivity contribution in [2.45, 2.75) is 6.92 Å². The van der Waals surface area contributed by atoms with Crippen LogP contribution in [0.1, 0.15) is 27.6 Å². The van der Waals surface area contributed by atoms with Crippen LogP contribution in [0, 0.1) is 11.6 Å². The Balaban J connectivity index is 1.97. The second-order valence-corrected chi connectivity index (χ2v) is 6.42. The highest BCUT2D eigenvalue weighted by molar-refractivity contribution is 7.15. The van der Waals surface area contributed by atoms with Crippen molar-refractivity contribution in [1.82, 2.24) is 0 Å². The fraction of sp³-hybridized carbons (Fsp3) is 0.100. The third-order valence-electron chi connectivity index (χ3n) is 3.76. The highest BCUT2D eigenvalue weighted by Crippen LogP contribution is 2.36. The summed E-state index contributed by atoms with van der Waals surface area (Å²) in [5.41, 5.74) is 1.61. The molecule has 1 N–H and O–H groups in total. The van der Waals surface area contributed by atoms with Crippen molar-refractivity contribution in [3.8, 4) is 11.1 Å². The largest absolute Gasteiger partial charge is 0.462 e. The number of esters is 1.